The highest BCUT2D eigenvalue weighted by Gasteiger charge is 2.18. The first-order chi connectivity index (χ1) is 8.95. The van der Waals surface area contributed by atoms with Crippen molar-refractivity contribution in [3.8, 4) is 12.3 Å². The molecule has 0 unspecified atom stereocenters. The van der Waals surface area contributed by atoms with E-state index < -0.39 is 24.3 Å². The van der Waals surface area contributed by atoms with Gasteiger partial charge in [-0.2, -0.15) is 0 Å². The lowest BCUT2D eigenvalue weighted by molar-refractivity contribution is -0.137. The van der Waals surface area contributed by atoms with Crippen LogP contribution in [0.1, 0.15) is 20.7 Å². The summed E-state index contributed by atoms with van der Waals surface area (Å²) in [5.74, 6) is -0.197. The Hall–Kier alpha value is -2.81. The second-order valence-electron chi connectivity index (χ2n) is 3.70. The van der Waals surface area contributed by atoms with Gasteiger partial charge in [0.25, 0.3) is 5.91 Å². The van der Waals surface area contributed by atoms with Crippen LogP contribution in [0.4, 0.5) is 0 Å². The molecule has 0 aromatic heterocycles. The van der Waals surface area contributed by atoms with Crippen molar-refractivity contribution in [3.05, 3.63) is 35.4 Å². The molecule has 0 heterocycles. The molecule has 0 saturated heterocycles. The standard InChI is InChI=1S/C13H12N2O4/c1-2-6-15(8-11(16)17)13(19)10-5-3-4-9(7-10)12(14)18/h1,3-5,7H,6,8H2,(H2,14,18)(H,16,17). The lowest BCUT2D eigenvalue weighted by atomic mass is 10.1. The van der Waals surface area contributed by atoms with E-state index in [-0.39, 0.29) is 17.7 Å². The van der Waals surface area contributed by atoms with E-state index >= 15 is 0 Å². The van der Waals surface area contributed by atoms with Crippen molar-refractivity contribution in [2.24, 2.45) is 5.73 Å². The predicted octanol–water partition coefficient (Wildman–Crippen LogP) is -0.0545. The Morgan fingerprint density at radius 1 is 1.32 bits per heavy atom. The summed E-state index contributed by atoms with van der Waals surface area (Å²) in [7, 11) is 0. The molecule has 98 valence electrons. The molecule has 6 heteroatoms. The minimum Gasteiger partial charge on any atom is -0.480 e. The van der Waals surface area contributed by atoms with Crippen LogP contribution in [-0.4, -0.2) is 40.9 Å². The molecule has 1 rings (SSSR count). The number of carbonyl (C=O) groups excluding carboxylic acids is 2. The Kier molecular flexibility index (Phi) is 4.66. The van der Waals surface area contributed by atoms with Gasteiger partial charge in [-0.3, -0.25) is 14.4 Å². The van der Waals surface area contributed by atoms with Crippen LogP contribution >= 0.6 is 0 Å². The highest BCUT2D eigenvalue weighted by molar-refractivity contribution is 5.99. The zero-order valence-electron chi connectivity index (χ0n) is 10.00. The maximum absolute atomic E-state index is 12.1. The van der Waals surface area contributed by atoms with E-state index in [0.717, 1.165) is 4.90 Å². The zero-order chi connectivity index (χ0) is 14.4. The van der Waals surface area contributed by atoms with Crippen molar-refractivity contribution >= 4 is 17.8 Å². The lowest BCUT2D eigenvalue weighted by Gasteiger charge is -2.18. The summed E-state index contributed by atoms with van der Waals surface area (Å²) >= 11 is 0. The molecule has 0 fully saturated rings. The second kappa shape index (κ2) is 6.21. The van der Waals surface area contributed by atoms with Crippen LogP contribution in [0, 0.1) is 12.3 Å². The van der Waals surface area contributed by atoms with E-state index in [1.54, 1.807) is 0 Å². The highest BCUT2D eigenvalue weighted by atomic mass is 16.4. The molecule has 3 N–H and O–H groups in total. The van der Waals surface area contributed by atoms with Crippen molar-refractivity contribution < 1.29 is 19.5 Å². The minimum absolute atomic E-state index is 0.133. The lowest BCUT2D eigenvalue weighted by Crippen LogP contribution is -2.36. The van der Waals surface area contributed by atoms with Crippen molar-refractivity contribution in [1.29, 1.82) is 0 Å². The van der Waals surface area contributed by atoms with Gasteiger partial charge in [-0.25, -0.2) is 0 Å². The van der Waals surface area contributed by atoms with Gasteiger partial charge in [-0.1, -0.05) is 12.0 Å². The molecule has 0 bridgehead atoms. The van der Waals surface area contributed by atoms with Crippen molar-refractivity contribution in [2.75, 3.05) is 13.1 Å². The van der Waals surface area contributed by atoms with Gasteiger partial charge in [0.05, 0.1) is 6.54 Å². The Morgan fingerprint density at radius 2 is 1.95 bits per heavy atom. The number of carboxylic acids is 1. The SMILES string of the molecule is C#CCN(CC(=O)O)C(=O)c1cccc(C(N)=O)c1. The maximum Gasteiger partial charge on any atom is 0.323 e. The van der Waals surface area contributed by atoms with E-state index in [0.29, 0.717) is 0 Å². The number of hydrogen-bond acceptors (Lipinski definition) is 3. The van der Waals surface area contributed by atoms with Crippen LogP contribution in [0.5, 0.6) is 0 Å². The van der Waals surface area contributed by atoms with E-state index in [1.165, 1.54) is 24.3 Å². The number of terminal acetylenes is 1. The van der Waals surface area contributed by atoms with Gasteiger partial charge in [-0.15, -0.1) is 6.42 Å². The first-order valence-corrected chi connectivity index (χ1v) is 5.30. The number of nitrogens with two attached hydrogens (primary N) is 1. The van der Waals surface area contributed by atoms with Gasteiger partial charge in [-0.05, 0) is 18.2 Å². The molecule has 6 nitrogen and oxygen atoms in total. The molecule has 0 aliphatic rings. The van der Waals surface area contributed by atoms with Gasteiger partial charge in [0, 0.05) is 11.1 Å². The van der Waals surface area contributed by atoms with Gasteiger partial charge in [0.2, 0.25) is 5.91 Å². The van der Waals surface area contributed by atoms with Crippen LogP contribution in [0.2, 0.25) is 0 Å². The molecule has 19 heavy (non-hydrogen) atoms. The molecule has 0 atom stereocenters. The first kappa shape index (κ1) is 14.3. The molecular weight excluding hydrogens is 248 g/mol. The Morgan fingerprint density at radius 3 is 2.47 bits per heavy atom. The average molecular weight is 260 g/mol. The van der Waals surface area contributed by atoms with Crippen LogP contribution in [0.25, 0.3) is 0 Å². The fraction of sp³-hybridized carbons (Fsp3) is 0.154. The average Bonchev–Trinajstić information content (AvgIpc) is 2.37. The zero-order valence-corrected chi connectivity index (χ0v) is 10.00. The van der Waals surface area contributed by atoms with E-state index in [1.807, 2.05) is 0 Å². The Labute approximate surface area is 109 Å². The van der Waals surface area contributed by atoms with E-state index in [4.69, 9.17) is 17.3 Å². The van der Waals surface area contributed by atoms with Gasteiger partial charge < -0.3 is 15.7 Å². The molecule has 1 aromatic rings. The van der Waals surface area contributed by atoms with E-state index in [2.05, 4.69) is 5.92 Å². The predicted molar refractivity (Wildman–Crippen MR) is 67.3 cm³/mol. The number of rotatable bonds is 5. The second-order valence-corrected chi connectivity index (χ2v) is 3.70. The number of primary amides is 1. The van der Waals surface area contributed by atoms with Crippen molar-refractivity contribution in [3.63, 3.8) is 0 Å². The summed E-state index contributed by atoms with van der Waals surface area (Å²) in [5, 5.41) is 8.71. The molecule has 0 aliphatic heterocycles. The summed E-state index contributed by atoms with van der Waals surface area (Å²) in [5.41, 5.74) is 5.44. The maximum atomic E-state index is 12.1. The first-order valence-electron chi connectivity index (χ1n) is 5.30. The summed E-state index contributed by atoms with van der Waals surface area (Å²) < 4.78 is 0. The number of amides is 2. The fourth-order valence-electron chi connectivity index (χ4n) is 1.46. The topological polar surface area (TPSA) is 101 Å². The van der Waals surface area contributed by atoms with Crippen molar-refractivity contribution in [1.82, 2.24) is 4.90 Å². The van der Waals surface area contributed by atoms with Crippen LogP contribution in [0.15, 0.2) is 24.3 Å². The third-order valence-electron chi connectivity index (χ3n) is 2.29. The number of nitrogens with zero attached hydrogens (tertiary/aromatic N) is 1. The van der Waals surface area contributed by atoms with Crippen LogP contribution < -0.4 is 5.73 Å². The summed E-state index contributed by atoms with van der Waals surface area (Å²) in [6.07, 6.45) is 5.09. The number of aliphatic carboxylic acids is 1. The highest BCUT2D eigenvalue weighted by Crippen LogP contribution is 2.08. The van der Waals surface area contributed by atoms with E-state index in [9.17, 15) is 14.4 Å². The molecule has 2 amide bonds. The van der Waals surface area contributed by atoms with Gasteiger partial charge in [0.1, 0.15) is 6.54 Å². The quantitative estimate of drug-likeness (QED) is 0.724. The molecular formula is C13H12N2O4. The molecule has 0 saturated carbocycles. The normalized spacial score (nSPS) is 9.42. The van der Waals surface area contributed by atoms with Crippen molar-refractivity contribution in [2.45, 2.75) is 0 Å². The molecule has 0 spiro atoms. The van der Waals surface area contributed by atoms with Gasteiger partial charge in [0.15, 0.2) is 0 Å². The third kappa shape index (κ3) is 3.85. The Balaban J connectivity index is 3.02. The number of benzene rings is 1. The molecule has 0 radical (unpaired) electrons. The molecule has 1 aromatic carbocycles. The third-order valence-corrected chi connectivity index (χ3v) is 2.29. The van der Waals surface area contributed by atoms with Gasteiger partial charge >= 0.3 is 5.97 Å². The monoisotopic (exact) mass is 260 g/mol. The number of carboxylic acid groups (broad SMARTS) is 1. The smallest absolute Gasteiger partial charge is 0.323 e. The van der Waals surface area contributed by atoms with Crippen LogP contribution in [0.3, 0.4) is 0 Å². The fourth-order valence-corrected chi connectivity index (χ4v) is 1.46. The molecule has 0 aliphatic carbocycles. The minimum atomic E-state index is -1.17. The summed E-state index contributed by atoms with van der Waals surface area (Å²) in [6, 6.07) is 5.71. The largest absolute Gasteiger partial charge is 0.480 e. The number of hydrogen-bond donors (Lipinski definition) is 2. The van der Waals surface area contributed by atoms with Crippen LogP contribution in [-0.2, 0) is 4.79 Å². The number of carbonyl (C=O) groups is 3. The summed E-state index contributed by atoms with van der Waals surface area (Å²) in [6.45, 7) is -0.643. The summed E-state index contributed by atoms with van der Waals surface area (Å²) in [4.78, 5) is 34.7. The Bertz CT molecular complexity index is 560.